The highest BCUT2D eigenvalue weighted by molar-refractivity contribution is 5.77. The Hall–Kier alpha value is -1.84. The molecule has 2 heterocycles. The molecule has 0 aliphatic carbocycles. The highest BCUT2D eigenvalue weighted by Crippen LogP contribution is 2.17. The van der Waals surface area contributed by atoms with E-state index in [1.165, 1.54) is 6.42 Å². The predicted octanol–water partition coefficient (Wildman–Crippen LogP) is 1.66. The van der Waals surface area contributed by atoms with Crippen LogP contribution in [0.4, 0.5) is 0 Å². The molecule has 0 fully saturated rings. The Balaban J connectivity index is 2.46. The summed E-state index contributed by atoms with van der Waals surface area (Å²) in [5.41, 5.74) is 1.55. The van der Waals surface area contributed by atoms with Crippen LogP contribution >= 0.6 is 0 Å². The molecule has 0 unspecified atom stereocenters. The fraction of sp³-hybridized carbons (Fsp3) is 0.333. The zero-order valence-electron chi connectivity index (χ0n) is 8.93. The zero-order chi connectivity index (χ0) is 11.0. The van der Waals surface area contributed by atoms with Gasteiger partial charge in [0, 0.05) is 18.4 Å². The van der Waals surface area contributed by atoms with E-state index in [1.807, 2.05) is 18.2 Å². The van der Waals surface area contributed by atoms with Crippen LogP contribution in [0.3, 0.4) is 0 Å². The van der Waals surface area contributed by atoms with Crippen molar-refractivity contribution in [3.63, 3.8) is 0 Å². The standard InChI is InChI=1S/C12H13N3O/c16-14-12-9-5-1-2-6-10(9)15-8-4-3-7-11(15)13-12/h1-2,5-6,16H,3-4,7-8H2/b14-12-. The van der Waals surface area contributed by atoms with Crippen LogP contribution < -0.4 is 5.49 Å². The molecule has 1 aliphatic rings. The summed E-state index contributed by atoms with van der Waals surface area (Å²) in [5.74, 6) is 1.03. The van der Waals surface area contributed by atoms with Gasteiger partial charge in [-0.3, -0.25) is 0 Å². The van der Waals surface area contributed by atoms with Crippen molar-refractivity contribution in [1.82, 2.24) is 9.55 Å². The summed E-state index contributed by atoms with van der Waals surface area (Å²) in [6.45, 7) is 1.01. The number of aryl methyl sites for hydroxylation is 2. The topological polar surface area (TPSA) is 50.4 Å². The normalized spacial score (nSPS) is 16.4. The van der Waals surface area contributed by atoms with Crippen LogP contribution in [-0.2, 0) is 13.0 Å². The van der Waals surface area contributed by atoms with Crippen molar-refractivity contribution < 1.29 is 5.21 Å². The summed E-state index contributed by atoms with van der Waals surface area (Å²) in [4.78, 5) is 4.41. The highest BCUT2D eigenvalue weighted by atomic mass is 16.4. The molecule has 1 aromatic heterocycles. The SMILES string of the molecule is O/N=c1\nc2n(c3ccccc13)CCCC2. The third-order valence-electron chi connectivity index (χ3n) is 3.11. The van der Waals surface area contributed by atoms with Gasteiger partial charge in [0.05, 0.1) is 5.52 Å². The quantitative estimate of drug-likeness (QED) is 0.536. The lowest BCUT2D eigenvalue weighted by Crippen LogP contribution is -2.23. The van der Waals surface area contributed by atoms with Gasteiger partial charge < -0.3 is 9.77 Å². The molecular formula is C12H13N3O. The Morgan fingerprint density at radius 2 is 2.12 bits per heavy atom. The van der Waals surface area contributed by atoms with Crippen molar-refractivity contribution in [2.75, 3.05) is 0 Å². The molecule has 3 rings (SSSR count). The van der Waals surface area contributed by atoms with E-state index in [2.05, 4.69) is 20.8 Å². The fourth-order valence-electron chi connectivity index (χ4n) is 2.35. The zero-order valence-corrected chi connectivity index (χ0v) is 8.93. The largest absolute Gasteiger partial charge is 0.409 e. The lowest BCUT2D eigenvalue weighted by molar-refractivity contribution is 0.298. The van der Waals surface area contributed by atoms with E-state index in [-0.39, 0.29) is 0 Å². The van der Waals surface area contributed by atoms with Gasteiger partial charge in [-0.1, -0.05) is 17.3 Å². The van der Waals surface area contributed by atoms with E-state index in [4.69, 9.17) is 5.21 Å². The average molecular weight is 215 g/mol. The minimum Gasteiger partial charge on any atom is -0.409 e. The molecule has 1 aromatic carbocycles. The maximum atomic E-state index is 8.99. The first-order valence-corrected chi connectivity index (χ1v) is 5.57. The number of rotatable bonds is 0. The lowest BCUT2D eigenvalue weighted by atomic mass is 10.1. The van der Waals surface area contributed by atoms with Gasteiger partial charge in [0.1, 0.15) is 5.82 Å². The maximum Gasteiger partial charge on any atom is 0.202 e. The van der Waals surface area contributed by atoms with Crippen LogP contribution in [-0.4, -0.2) is 14.8 Å². The summed E-state index contributed by atoms with van der Waals surface area (Å²) in [5, 5.41) is 13.2. The van der Waals surface area contributed by atoms with E-state index in [9.17, 15) is 0 Å². The second-order valence-corrected chi connectivity index (χ2v) is 4.08. The minimum absolute atomic E-state index is 0.434. The van der Waals surface area contributed by atoms with E-state index < -0.39 is 0 Å². The van der Waals surface area contributed by atoms with Crippen molar-refractivity contribution in [3.8, 4) is 0 Å². The molecule has 0 atom stereocenters. The molecule has 4 nitrogen and oxygen atoms in total. The summed E-state index contributed by atoms with van der Waals surface area (Å²) in [7, 11) is 0. The molecule has 0 radical (unpaired) electrons. The van der Waals surface area contributed by atoms with Crippen molar-refractivity contribution in [3.05, 3.63) is 35.6 Å². The fourth-order valence-corrected chi connectivity index (χ4v) is 2.35. The summed E-state index contributed by atoms with van der Waals surface area (Å²) >= 11 is 0. The van der Waals surface area contributed by atoms with E-state index >= 15 is 0 Å². The van der Waals surface area contributed by atoms with Crippen molar-refractivity contribution in [1.29, 1.82) is 0 Å². The van der Waals surface area contributed by atoms with Gasteiger partial charge in [0.2, 0.25) is 5.49 Å². The molecule has 0 amide bonds. The van der Waals surface area contributed by atoms with Crippen LogP contribution in [0.1, 0.15) is 18.7 Å². The van der Waals surface area contributed by atoms with Crippen molar-refractivity contribution in [2.24, 2.45) is 5.16 Å². The Kier molecular flexibility index (Phi) is 2.13. The van der Waals surface area contributed by atoms with Gasteiger partial charge in [0.15, 0.2) is 0 Å². The highest BCUT2D eigenvalue weighted by Gasteiger charge is 2.12. The lowest BCUT2D eigenvalue weighted by Gasteiger charge is -2.20. The van der Waals surface area contributed by atoms with Crippen LogP contribution in [0.5, 0.6) is 0 Å². The summed E-state index contributed by atoms with van der Waals surface area (Å²) in [6.07, 6.45) is 3.32. The second-order valence-electron chi connectivity index (χ2n) is 4.08. The number of hydrogen-bond acceptors (Lipinski definition) is 3. The third-order valence-corrected chi connectivity index (χ3v) is 3.11. The molecule has 1 aliphatic heterocycles. The van der Waals surface area contributed by atoms with Crippen LogP contribution in [0.15, 0.2) is 29.4 Å². The number of aromatic nitrogens is 2. The maximum absolute atomic E-state index is 8.99. The monoisotopic (exact) mass is 215 g/mol. The minimum atomic E-state index is 0.434. The van der Waals surface area contributed by atoms with Gasteiger partial charge in [-0.05, 0) is 25.0 Å². The van der Waals surface area contributed by atoms with Gasteiger partial charge in [-0.25, -0.2) is 4.98 Å². The number of fused-ring (bicyclic) bond motifs is 3. The Morgan fingerprint density at radius 1 is 1.25 bits per heavy atom. The van der Waals surface area contributed by atoms with Gasteiger partial charge in [-0.2, -0.15) is 0 Å². The first kappa shape index (κ1) is 9.39. The van der Waals surface area contributed by atoms with Crippen LogP contribution in [0.25, 0.3) is 10.9 Å². The Bertz CT molecular complexity index is 601. The smallest absolute Gasteiger partial charge is 0.202 e. The number of benzene rings is 1. The molecule has 82 valence electrons. The number of nitrogens with zero attached hydrogens (tertiary/aromatic N) is 3. The molecule has 0 saturated heterocycles. The van der Waals surface area contributed by atoms with Crippen LogP contribution in [0, 0.1) is 0 Å². The van der Waals surface area contributed by atoms with E-state index in [0.29, 0.717) is 5.49 Å². The first-order chi connectivity index (χ1) is 7.90. The predicted molar refractivity (Wildman–Crippen MR) is 60.0 cm³/mol. The molecule has 16 heavy (non-hydrogen) atoms. The Labute approximate surface area is 92.9 Å². The molecule has 2 aromatic rings. The molecule has 0 spiro atoms. The molecule has 0 saturated carbocycles. The van der Waals surface area contributed by atoms with Gasteiger partial charge >= 0.3 is 0 Å². The van der Waals surface area contributed by atoms with Crippen LogP contribution in [0.2, 0.25) is 0 Å². The second kappa shape index (κ2) is 3.63. The Morgan fingerprint density at radius 3 is 3.00 bits per heavy atom. The van der Waals surface area contributed by atoms with E-state index in [0.717, 1.165) is 36.1 Å². The molecular weight excluding hydrogens is 202 g/mol. The average Bonchev–Trinajstić information content (AvgIpc) is 2.38. The summed E-state index contributed by atoms with van der Waals surface area (Å²) in [6, 6.07) is 7.94. The number of hydrogen-bond donors (Lipinski definition) is 1. The summed E-state index contributed by atoms with van der Waals surface area (Å²) < 4.78 is 2.23. The molecule has 1 N–H and O–H groups in total. The molecule has 4 heteroatoms. The van der Waals surface area contributed by atoms with E-state index in [1.54, 1.807) is 0 Å². The number of para-hydroxylation sites is 1. The first-order valence-electron chi connectivity index (χ1n) is 5.57. The van der Waals surface area contributed by atoms with Gasteiger partial charge in [-0.15, -0.1) is 0 Å². The van der Waals surface area contributed by atoms with Gasteiger partial charge in [0.25, 0.3) is 0 Å². The van der Waals surface area contributed by atoms with Crippen molar-refractivity contribution in [2.45, 2.75) is 25.8 Å². The van der Waals surface area contributed by atoms with Crippen molar-refractivity contribution >= 4 is 10.9 Å². The third kappa shape index (κ3) is 1.30. The molecule has 0 bridgehead atoms.